The highest BCUT2D eigenvalue weighted by molar-refractivity contribution is 5.96. The number of nitrogens with one attached hydrogen (secondary N) is 2. The van der Waals surface area contributed by atoms with Crippen molar-refractivity contribution in [3.8, 4) is 22.4 Å². The van der Waals surface area contributed by atoms with Crippen molar-refractivity contribution < 1.29 is 33.4 Å². The normalized spacial score (nSPS) is 21.0. The maximum absolute atomic E-state index is 14.8. The van der Waals surface area contributed by atoms with Crippen molar-refractivity contribution in [3.05, 3.63) is 89.8 Å². The number of pyridine rings is 1. The Morgan fingerprint density at radius 3 is 2.56 bits per heavy atom. The van der Waals surface area contributed by atoms with E-state index in [0.717, 1.165) is 55.7 Å². The van der Waals surface area contributed by atoms with E-state index in [2.05, 4.69) is 79.1 Å². The number of methoxy groups -OCH3 is 1. The molecule has 0 spiro atoms. The molecule has 14 nitrogen and oxygen atoms in total. The van der Waals surface area contributed by atoms with E-state index >= 15 is 0 Å². The zero-order chi connectivity index (χ0) is 47.6. The van der Waals surface area contributed by atoms with Crippen molar-refractivity contribution in [1.82, 2.24) is 35.1 Å². The summed E-state index contributed by atoms with van der Waals surface area (Å²) < 4.78 is 14.3. The fourth-order valence-electron chi connectivity index (χ4n) is 10.2. The van der Waals surface area contributed by atoms with Crippen molar-refractivity contribution in [2.45, 2.75) is 111 Å². The molecule has 7 rings (SSSR count). The first-order valence-electron chi connectivity index (χ1n) is 23.4. The molecule has 3 aliphatic rings. The minimum absolute atomic E-state index is 0.135. The highest BCUT2D eigenvalue weighted by atomic mass is 16.5. The quantitative estimate of drug-likeness (QED) is 0.133. The molecule has 4 aromatic rings. The Morgan fingerprint density at radius 1 is 1.08 bits per heavy atom. The third-order valence-corrected chi connectivity index (χ3v) is 13.5. The molecule has 5 heterocycles. The van der Waals surface area contributed by atoms with Crippen molar-refractivity contribution in [1.29, 1.82) is 0 Å². The van der Waals surface area contributed by atoms with Crippen LogP contribution in [0.1, 0.15) is 89.3 Å². The smallest absolute Gasteiger partial charge is 0.324 e. The van der Waals surface area contributed by atoms with Gasteiger partial charge in [-0.3, -0.25) is 34.0 Å². The summed E-state index contributed by atoms with van der Waals surface area (Å²) in [6, 6.07) is 14.1. The van der Waals surface area contributed by atoms with Gasteiger partial charge in [-0.2, -0.15) is 0 Å². The van der Waals surface area contributed by atoms with Crippen LogP contribution in [0.5, 0.6) is 0 Å². The largest absolute Gasteiger partial charge is 0.464 e. The van der Waals surface area contributed by atoms with E-state index in [1.807, 2.05) is 39.8 Å². The molecule has 2 N–H and O–H groups in total. The fourth-order valence-corrected chi connectivity index (χ4v) is 10.2. The van der Waals surface area contributed by atoms with E-state index in [-0.39, 0.29) is 43.4 Å². The topological polar surface area (TPSA) is 155 Å². The van der Waals surface area contributed by atoms with Crippen LogP contribution in [0.25, 0.3) is 33.3 Å². The van der Waals surface area contributed by atoms with Crippen LogP contribution in [-0.2, 0) is 52.8 Å². The lowest BCUT2D eigenvalue weighted by Crippen LogP contribution is -2.62. The average Bonchev–Trinajstić information content (AvgIpc) is 3.92. The summed E-state index contributed by atoms with van der Waals surface area (Å²) in [5.41, 5.74) is 11.5. The number of carbonyl (C=O) groups is 5. The molecule has 6 bridgehead atoms. The number of cyclic esters (lactones) is 1. The number of likely N-dealkylation sites (N-methyl/N-ethyl adjacent to an activating group) is 1. The lowest BCUT2D eigenvalue weighted by Gasteiger charge is -2.37. The predicted octanol–water partition coefficient (Wildman–Crippen LogP) is 6.57. The van der Waals surface area contributed by atoms with Crippen molar-refractivity contribution in [3.63, 3.8) is 0 Å². The lowest BCUT2D eigenvalue weighted by molar-refractivity contribution is -0.155. The molecular formula is C52H67N7O7. The van der Waals surface area contributed by atoms with Crippen molar-refractivity contribution in [2.75, 3.05) is 40.4 Å². The second kappa shape index (κ2) is 19.9. The van der Waals surface area contributed by atoms with E-state index in [4.69, 9.17) is 14.5 Å². The van der Waals surface area contributed by atoms with Gasteiger partial charge in [0.2, 0.25) is 17.7 Å². The lowest BCUT2D eigenvalue weighted by atomic mass is 9.84. The van der Waals surface area contributed by atoms with Gasteiger partial charge < -0.3 is 29.2 Å². The highest BCUT2D eigenvalue weighted by Crippen LogP contribution is 2.42. The Kier molecular flexibility index (Phi) is 14.5. The molecule has 2 aromatic carbocycles. The number of hydrazine groups is 1. The van der Waals surface area contributed by atoms with Crippen LogP contribution in [0.3, 0.4) is 0 Å². The van der Waals surface area contributed by atoms with Gasteiger partial charge in [0.05, 0.1) is 30.0 Å². The number of likely N-dealkylation sites (tertiary alicyclic amines) is 1. The third-order valence-electron chi connectivity index (χ3n) is 13.5. The molecule has 14 heteroatoms. The number of ether oxygens (including phenoxy) is 2. The zero-order valence-corrected chi connectivity index (χ0v) is 40.1. The maximum atomic E-state index is 14.8. The number of aromatic nitrogens is 2. The minimum atomic E-state index is -1.05. The van der Waals surface area contributed by atoms with Crippen molar-refractivity contribution in [2.24, 2.45) is 17.3 Å². The molecule has 0 radical (unpaired) electrons. The number of nitrogens with zero attached hydrogens (tertiary/aromatic N) is 5. The minimum Gasteiger partial charge on any atom is -0.464 e. The molecule has 2 fully saturated rings. The summed E-state index contributed by atoms with van der Waals surface area (Å²) >= 11 is 0. The van der Waals surface area contributed by atoms with Gasteiger partial charge in [0.1, 0.15) is 18.1 Å². The van der Waals surface area contributed by atoms with Gasteiger partial charge in [-0.05, 0) is 105 Å². The number of hydrogen-bond acceptors (Lipinski definition) is 9. The van der Waals surface area contributed by atoms with E-state index in [0.29, 0.717) is 45.3 Å². The number of hydrogen-bond donors (Lipinski definition) is 2. The monoisotopic (exact) mass is 902 g/mol. The van der Waals surface area contributed by atoms with Crippen LogP contribution >= 0.6 is 0 Å². The number of carbonyl (C=O) groups excluding carboxylic acids is 5. The molecule has 66 heavy (non-hydrogen) atoms. The number of amides is 4. The number of aryl methyl sites for hydroxylation is 2. The first-order chi connectivity index (χ1) is 31.4. The highest BCUT2D eigenvalue weighted by Gasteiger charge is 2.40. The van der Waals surface area contributed by atoms with Crippen LogP contribution in [0.15, 0.2) is 67.4 Å². The second-order valence-electron chi connectivity index (χ2n) is 19.5. The molecule has 3 aliphatic heterocycles. The third kappa shape index (κ3) is 9.95. The van der Waals surface area contributed by atoms with Gasteiger partial charge >= 0.3 is 5.97 Å². The van der Waals surface area contributed by atoms with Gasteiger partial charge in [0.15, 0.2) is 0 Å². The number of esters is 1. The molecule has 1 unspecified atom stereocenters. The van der Waals surface area contributed by atoms with Gasteiger partial charge in [-0.25, -0.2) is 5.43 Å². The van der Waals surface area contributed by atoms with Gasteiger partial charge in [0, 0.05) is 74.8 Å². The molecule has 2 aromatic heterocycles. The van der Waals surface area contributed by atoms with Crippen molar-refractivity contribution >= 4 is 40.5 Å². The zero-order valence-electron chi connectivity index (χ0n) is 40.1. The van der Waals surface area contributed by atoms with Gasteiger partial charge in [-0.1, -0.05) is 64.1 Å². The Labute approximate surface area is 389 Å². The summed E-state index contributed by atoms with van der Waals surface area (Å²) in [6.45, 7) is 19.5. The first kappa shape index (κ1) is 48.1. The molecular weight excluding hydrogens is 835 g/mol. The summed E-state index contributed by atoms with van der Waals surface area (Å²) in [5, 5.41) is 5.60. The standard InChI is InChI=1S/C52H67N7O7/c1-11-44(60)57-22-19-36(29-57)49(62)56(9)46(31(3)4)48(61)54-42-26-34-23-32(5)24-37(25-34)35-17-18-43-39(27-35)40(47(58(43)12-2)38-15-13-20-53-45(38)33(6)65-10)28-52(7,8)30-66-51(64)41-16-14-21-59(55-41)50(42)63/h11,13,15,17-18,20,23-25,27,31,33,36,41-42,46,55H,1,12,14,16,19,21-22,26,28-30H2,2-10H3,(H,54,61)/t33-,36-,41-,42-,46?/m0/s1. The second-order valence-corrected chi connectivity index (χ2v) is 19.5. The molecule has 2 saturated heterocycles. The maximum Gasteiger partial charge on any atom is 0.324 e. The molecule has 0 saturated carbocycles. The molecule has 0 aliphatic carbocycles. The Balaban J connectivity index is 1.31. The van der Waals surface area contributed by atoms with Crippen LogP contribution in [0.2, 0.25) is 0 Å². The van der Waals surface area contributed by atoms with E-state index < -0.39 is 47.2 Å². The summed E-state index contributed by atoms with van der Waals surface area (Å²) in [7, 11) is 3.30. The average molecular weight is 902 g/mol. The van der Waals surface area contributed by atoms with Crippen LogP contribution in [0, 0.1) is 24.2 Å². The molecule has 352 valence electrons. The van der Waals surface area contributed by atoms with E-state index in [1.54, 1.807) is 25.3 Å². The summed E-state index contributed by atoms with van der Waals surface area (Å²) in [4.78, 5) is 77.4. The predicted molar refractivity (Wildman–Crippen MR) is 255 cm³/mol. The number of rotatable bonds is 10. The SMILES string of the molecule is C=CC(=O)N1CC[C@H](C(=O)N(C)C(C(=O)N[C@H]2Cc3cc(C)cc(c3)-c3ccc4c(c3)c(c(-c3cccnc3[C@H](C)OC)n4CC)CC(C)(C)COC(=O)[C@@H]3CCCN(N3)C2=O)C(C)C)C1. The molecule has 4 amide bonds. The van der Waals surface area contributed by atoms with Gasteiger partial charge in [0.25, 0.3) is 5.91 Å². The Bertz CT molecular complexity index is 2510. The van der Waals surface area contributed by atoms with Gasteiger partial charge in [-0.15, -0.1) is 0 Å². The fraction of sp³-hybridized carbons (Fsp3) is 0.500. The molecule has 5 atom stereocenters. The summed E-state index contributed by atoms with van der Waals surface area (Å²) in [6.07, 6.45) is 5.02. The Hall–Kier alpha value is -5.86. The van der Waals surface area contributed by atoms with E-state index in [9.17, 15) is 24.0 Å². The van der Waals surface area contributed by atoms with Crippen LogP contribution < -0.4 is 10.7 Å². The first-order valence-corrected chi connectivity index (χ1v) is 23.4. The van der Waals surface area contributed by atoms with Crippen LogP contribution in [-0.4, -0.2) is 112 Å². The Morgan fingerprint density at radius 2 is 1.85 bits per heavy atom. The van der Waals surface area contributed by atoms with E-state index in [1.165, 1.54) is 16.0 Å². The number of benzene rings is 2. The van der Waals surface area contributed by atoms with Crippen LogP contribution in [0.4, 0.5) is 0 Å². The number of fused-ring (bicyclic) bond motifs is 6. The summed E-state index contributed by atoms with van der Waals surface area (Å²) in [5.74, 6) is -2.56.